The molecule has 3 nitrogen and oxygen atoms in total. The number of benzene rings is 2. The number of phenolic OH excluding ortho intramolecular Hbond substituents is 2. The molecule has 2 aromatic rings. The first-order valence-electron chi connectivity index (χ1n) is 5.20. The Bertz CT molecular complexity index is 536. The largest absolute Gasteiger partial charge is 0.508 e. The Morgan fingerprint density at radius 1 is 0.882 bits per heavy atom. The maximum absolute atomic E-state index is 12.0. The minimum atomic E-state index is -0.226. The summed E-state index contributed by atoms with van der Waals surface area (Å²) in [7, 11) is 0. The van der Waals surface area contributed by atoms with E-state index in [1.54, 1.807) is 12.1 Å². The van der Waals surface area contributed by atoms with E-state index in [4.69, 9.17) is 0 Å². The summed E-state index contributed by atoms with van der Waals surface area (Å²) < 4.78 is 0. The van der Waals surface area contributed by atoms with E-state index in [2.05, 4.69) is 0 Å². The highest BCUT2D eigenvalue weighted by Gasteiger charge is 2.10. The smallest absolute Gasteiger partial charge is 0.193 e. The summed E-state index contributed by atoms with van der Waals surface area (Å²) in [6, 6.07) is 11.0. The first-order chi connectivity index (χ1) is 8.06. The monoisotopic (exact) mass is 228 g/mol. The molecule has 0 radical (unpaired) electrons. The van der Waals surface area contributed by atoms with Gasteiger partial charge in [-0.3, -0.25) is 4.79 Å². The van der Waals surface area contributed by atoms with Crippen LogP contribution >= 0.6 is 0 Å². The molecular formula is C14H12O3. The van der Waals surface area contributed by atoms with Crippen molar-refractivity contribution < 1.29 is 15.0 Å². The van der Waals surface area contributed by atoms with Crippen molar-refractivity contribution in [3.63, 3.8) is 0 Å². The molecule has 0 atom stereocenters. The SMILES string of the molecule is Cc1ccc(C(=O)c2cc(O)cc(O)c2)cc1. The third kappa shape index (κ3) is 2.45. The second kappa shape index (κ2) is 4.29. The lowest BCUT2D eigenvalue weighted by molar-refractivity contribution is 0.103. The molecule has 3 heteroatoms. The van der Waals surface area contributed by atoms with Crippen molar-refractivity contribution in [2.24, 2.45) is 0 Å². The highest BCUT2D eigenvalue weighted by Crippen LogP contribution is 2.22. The maximum atomic E-state index is 12.0. The van der Waals surface area contributed by atoms with Crippen molar-refractivity contribution >= 4 is 5.78 Å². The molecule has 0 saturated heterocycles. The minimum absolute atomic E-state index is 0.125. The van der Waals surface area contributed by atoms with Crippen LogP contribution in [-0.2, 0) is 0 Å². The molecule has 2 N–H and O–H groups in total. The van der Waals surface area contributed by atoms with Gasteiger partial charge in [-0.25, -0.2) is 0 Å². The molecule has 0 fully saturated rings. The molecule has 0 aliphatic rings. The molecule has 0 spiro atoms. The highest BCUT2D eigenvalue weighted by atomic mass is 16.3. The van der Waals surface area contributed by atoms with Gasteiger partial charge in [0.15, 0.2) is 5.78 Å². The molecule has 0 amide bonds. The second-order valence-electron chi connectivity index (χ2n) is 3.93. The van der Waals surface area contributed by atoms with Crippen LogP contribution in [0.15, 0.2) is 42.5 Å². The Balaban J connectivity index is 2.40. The Kier molecular flexibility index (Phi) is 2.83. The van der Waals surface area contributed by atoms with E-state index in [-0.39, 0.29) is 22.8 Å². The van der Waals surface area contributed by atoms with Gasteiger partial charge in [-0.2, -0.15) is 0 Å². The summed E-state index contributed by atoms with van der Waals surface area (Å²) >= 11 is 0. The first-order valence-corrected chi connectivity index (χ1v) is 5.20. The topological polar surface area (TPSA) is 57.5 Å². The van der Waals surface area contributed by atoms with Gasteiger partial charge in [0.05, 0.1) is 0 Å². The Morgan fingerprint density at radius 2 is 1.41 bits per heavy atom. The summed E-state index contributed by atoms with van der Waals surface area (Å²) in [4.78, 5) is 12.0. The fourth-order valence-corrected chi connectivity index (χ4v) is 1.60. The molecular weight excluding hydrogens is 216 g/mol. The third-order valence-corrected chi connectivity index (χ3v) is 2.48. The molecule has 0 aliphatic carbocycles. The van der Waals surface area contributed by atoms with Crippen molar-refractivity contribution in [3.8, 4) is 11.5 Å². The molecule has 0 heterocycles. The number of hydrogen-bond acceptors (Lipinski definition) is 3. The van der Waals surface area contributed by atoms with Crippen molar-refractivity contribution in [3.05, 3.63) is 59.2 Å². The predicted molar refractivity (Wildman–Crippen MR) is 64.4 cm³/mol. The Morgan fingerprint density at radius 3 is 1.94 bits per heavy atom. The zero-order valence-corrected chi connectivity index (χ0v) is 9.34. The first kappa shape index (κ1) is 11.2. The Hall–Kier alpha value is -2.29. The van der Waals surface area contributed by atoms with Gasteiger partial charge in [-0.05, 0) is 19.1 Å². The molecule has 2 rings (SSSR count). The zero-order chi connectivity index (χ0) is 12.4. The van der Waals surface area contributed by atoms with Crippen LogP contribution in [0, 0.1) is 6.92 Å². The number of hydrogen-bond donors (Lipinski definition) is 2. The van der Waals surface area contributed by atoms with Crippen LogP contribution in [0.2, 0.25) is 0 Å². The summed E-state index contributed by atoms with van der Waals surface area (Å²) in [5, 5.41) is 18.6. The summed E-state index contributed by atoms with van der Waals surface area (Å²) in [6.45, 7) is 1.94. The number of ketones is 1. The fourth-order valence-electron chi connectivity index (χ4n) is 1.60. The number of carbonyl (C=O) groups excluding carboxylic acids is 1. The van der Waals surface area contributed by atoms with Crippen LogP contribution in [0.1, 0.15) is 21.5 Å². The molecule has 2 aromatic carbocycles. The van der Waals surface area contributed by atoms with Crippen molar-refractivity contribution in [1.82, 2.24) is 0 Å². The van der Waals surface area contributed by atoms with E-state index in [1.807, 2.05) is 19.1 Å². The van der Waals surface area contributed by atoms with Crippen LogP contribution in [-0.4, -0.2) is 16.0 Å². The van der Waals surface area contributed by atoms with Crippen molar-refractivity contribution in [2.45, 2.75) is 6.92 Å². The summed E-state index contributed by atoms with van der Waals surface area (Å²) in [6.07, 6.45) is 0. The molecule has 0 saturated carbocycles. The lowest BCUT2D eigenvalue weighted by Gasteiger charge is -2.03. The fraction of sp³-hybridized carbons (Fsp3) is 0.0714. The molecule has 0 unspecified atom stereocenters. The van der Waals surface area contributed by atoms with Crippen molar-refractivity contribution in [1.29, 1.82) is 0 Å². The van der Waals surface area contributed by atoms with E-state index in [1.165, 1.54) is 18.2 Å². The van der Waals surface area contributed by atoms with Crippen LogP contribution in [0.5, 0.6) is 11.5 Å². The van der Waals surface area contributed by atoms with E-state index < -0.39 is 0 Å². The number of aromatic hydroxyl groups is 2. The quantitative estimate of drug-likeness (QED) is 0.777. The number of aryl methyl sites for hydroxylation is 1. The van der Waals surface area contributed by atoms with E-state index in [0.29, 0.717) is 5.56 Å². The van der Waals surface area contributed by atoms with Gasteiger partial charge in [-0.1, -0.05) is 29.8 Å². The van der Waals surface area contributed by atoms with Crippen molar-refractivity contribution in [2.75, 3.05) is 0 Å². The molecule has 0 bridgehead atoms. The van der Waals surface area contributed by atoms with E-state index >= 15 is 0 Å². The summed E-state index contributed by atoms with van der Waals surface area (Å²) in [5.41, 5.74) is 1.87. The summed E-state index contributed by atoms with van der Waals surface area (Å²) in [5.74, 6) is -0.475. The average molecular weight is 228 g/mol. The zero-order valence-electron chi connectivity index (χ0n) is 9.34. The molecule has 0 aliphatic heterocycles. The Labute approximate surface area is 99.0 Å². The van der Waals surface area contributed by atoms with E-state index in [9.17, 15) is 15.0 Å². The lowest BCUT2D eigenvalue weighted by Crippen LogP contribution is -2.00. The average Bonchev–Trinajstić information content (AvgIpc) is 2.28. The van der Waals surface area contributed by atoms with Crippen LogP contribution in [0.4, 0.5) is 0 Å². The number of rotatable bonds is 2. The number of carbonyl (C=O) groups is 1. The molecule has 17 heavy (non-hydrogen) atoms. The van der Waals surface area contributed by atoms with Gasteiger partial charge in [-0.15, -0.1) is 0 Å². The standard InChI is InChI=1S/C14H12O3/c1-9-2-4-10(5-3-9)14(17)11-6-12(15)8-13(16)7-11/h2-8,15-16H,1H3. The van der Waals surface area contributed by atoms with Gasteiger partial charge in [0, 0.05) is 17.2 Å². The molecule has 0 aromatic heterocycles. The second-order valence-corrected chi connectivity index (χ2v) is 3.93. The van der Waals surface area contributed by atoms with Crippen LogP contribution in [0.3, 0.4) is 0 Å². The third-order valence-electron chi connectivity index (χ3n) is 2.48. The normalized spacial score (nSPS) is 10.2. The van der Waals surface area contributed by atoms with Gasteiger partial charge in [0.2, 0.25) is 0 Å². The van der Waals surface area contributed by atoms with Gasteiger partial charge in [0.1, 0.15) is 11.5 Å². The highest BCUT2D eigenvalue weighted by molar-refractivity contribution is 6.09. The maximum Gasteiger partial charge on any atom is 0.193 e. The molecule has 86 valence electrons. The van der Waals surface area contributed by atoms with E-state index in [0.717, 1.165) is 5.56 Å². The van der Waals surface area contributed by atoms with Gasteiger partial charge < -0.3 is 10.2 Å². The van der Waals surface area contributed by atoms with Gasteiger partial charge in [0.25, 0.3) is 0 Å². The number of phenols is 2. The lowest BCUT2D eigenvalue weighted by atomic mass is 10.0. The van der Waals surface area contributed by atoms with Gasteiger partial charge >= 0.3 is 0 Å². The predicted octanol–water partition coefficient (Wildman–Crippen LogP) is 2.64. The van der Waals surface area contributed by atoms with Crippen LogP contribution < -0.4 is 0 Å². The minimum Gasteiger partial charge on any atom is -0.508 e. The van der Waals surface area contributed by atoms with Crippen LogP contribution in [0.25, 0.3) is 0 Å².